The summed E-state index contributed by atoms with van der Waals surface area (Å²) in [5.41, 5.74) is 7.49. The smallest absolute Gasteiger partial charge is 0.255 e. The number of primary amides is 1. The summed E-state index contributed by atoms with van der Waals surface area (Å²) in [4.78, 5) is 30.8. The molecule has 1 aromatic heterocycles. The zero-order chi connectivity index (χ0) is 23.6. The average molecular weight is 460 g/mol. The van der Waals surface area contributed by atoms with Crippen molar-refractivity contribution in [3.63, 3.8) is 0 Å². The summed E-state index contributed by atoms with van der Waals surface area (Å²) in [7, 11) is -0.772. The summed E-state index contributed by atoms with van der Waals surface area (Å²) < 4.78 is 26.4. The van der Waals surface area contributed by atoms with Gasteiger partial charge in [0.1, 0.15) is 5.82 Å². The van der Waals surface area contributed by atoms with Gasteiger partial charge in [0.15, 0.2) is 0 Å². The zero-order valence-corrected chi connectivity index (χ0v) is 19.6. The molecule has 10 heteroatoms. The van der Waals surface area contributed by atoms with E-state index in [-0.39, 0.29) is 22.3 Å². The number of carbonyl (C=O) groups is 2. The molecule has 0 radical (unpaired) electrons. The number of nitrogens with one attached hydrogen (secondary N) is 1. The van der Waals surface area contributed by atoms with Gasteiger partial charge in [0.25, 0.3) is 5.91 Å². The number of rotatable bonds is 6. The third-order valence-electron chi connectivity index (χ3n) is 5.79. The van der Waals surface area contributed by atoms with E-state index in [9.17, 15) is 18.0 Å². The number of nitrogens with zero attached hydrogens (tertiary/aromatic N) is 3. The Morgan fingerprint density at radius 3 is 2.53 bits per heavy atom. The molecule has 1 aliphatic heterocycles. The summed E-state index contributed by atoms with van der Waals surface area (Å²) in [6, 6.07) is 6.57. The van der Waals surface area contributed by atoms with Gasteiger partial charge in [-0.15, -0.1) is 0 Å². The van der Waals surface area contributed by atoms with Crippen molar-refractivity contribution in [2.75, 3.05) is 37.4 Å². The lowest BCUT2D eigenvalue weighted by molar-refractivity contribution is -0.122. The van der Waals surface area contributed by atoms with Crippen LogP contribution in [-0.4, -0.2) is 56.7 Å². The minimum atomic E-state index is -3.69. The molecular weight excluding hydrogens is 430 g/mol. The predicted molar refractivity (Wildman–Crippen MR) is 123 cm³/mol. The third-order valence-corrected chi connectivity index (χ3v) is 7.74. The highest BCUT2D eigenvalue weighted by atomic mass is 32.2. The van der Waals surface area contributed by atoms with Crippen molar-refractivity contribution in [2.45, 2.75) is 31.6 Å². The topological polar surface area (TPSA) is 126 Å². The van der Waals surface area contributed by atoms with Crippen LogP contribution < -0.4 is 16.0 Å². The summed E-state index contributed by atoms with van der Waals surface area (Å²) >= 11 is 0. The van der Waals surface area contributed by atoms with E-state index < -0.39 is 15.9 Å². The molecule has 32 heavy (non-hydrogen) atoms. The number of pyridine rings is 1. The summed E-state index contributed by atoms with van der Waals surface area (Å²) in [5.74, 6) is -0.214. The molecule has 2 amide bonds. The van der Waals surface area contributed by atoms with E-state index in [2.05, 4.69) is 10.3 Å². The highest BCUT2D eigenvalue weighted by Crippen LogP contribution is 2.25. The molecule has 2 aromatic rings. The number of nitrogens with two attached hydrogens (primary N) is 1. The number of aromatic nitrogens is 1. The maximum atomic E-state index is 12.8. The first-order valence-electron chi connectivity index (χ1n) is 10.4. The van der Waals surface area contributed by atoms with Crippen molar-refractivity contribution in [3.8, 4) is 0 Å². The lowest BCUT2D eigenvalue weighted by atomic mass is 9.97. The van der Waals surface area contributed by atoms with E-state index >= 15 is 0 Å². The van der Waals surface area contributed by atoms with Crippen molar-refractivity contribution in [1.29, 1.82) is 0 Å². The Labute approximate surface area is 188 Å². The number of hydrogen-bond acceptors (Lipinski definition) is 6. The normalized spacial score (nSPS) is 16.8. The van der Waals surface area contributed by atoms with E-state index in [0.29, 0.717) is 29.2 Å². The number of benzene rings is 1. The number of anilines is 2. The van der Waals surface area contributed by atoms with Crippen molar-refractivity contribution in [2.24, 2.45) is 11.7 Å². The van der Waals surface area contributed by atoms with Crippen molar-refractivity contribution >= 4 is 33.3 Å². The van der Waals surface area contributed by atoms with Gasteiger partial charge >= 0.3 is 0 Å². The second-order valence-corrected chi connectivity index (χ2v) is 10.4. The van der Waals surface area contributed by atoms with Crippen LogP contribution in [0, 0.1) is 19.8 Å². The van der Waals surface area contributed by atoms with Gasteiger partial charge in [-0.05, 0) is 62.1 Å². The molecule has 172 valence electrons. The molecule has 1 saturated heterocycles. The molecular formula is C22H29N5O4S. The number of sulfonamides is 1. The molecule has 1 aliphatic rings. The number of piperidine rings is 1. The molecule has 9 nitrogen and oxygen atoms in total. The van der Waals surface area contributed by atoms with Crippen molar-refractivity contribution in [3.05, 3.63) is 47.2 Å². The first-order valence-corrected chi connectivity index (χ1v) is 11.8. The number of aryl methyl sites for hydroxylation is 1. The molecule has 3 N–H and O–H groups in total. The minimum absolute atomic E-state index is 0.107. The van der Waals surface area contributed by atoms with Gasteiger partial charge in [0.2, 0.25) is 15.9 Å². The first kappa shape index (κ1) is 23.7. The zero-order valence-electron chi connectivity index (χ0n) is 18.8. The van der Waals surface area contributed by atoms with Gasteiger partial charge < -0.3 is 16.0 Å². The average Bonchev–Trinajstić information content (AvgIpc) is 2.75. The monoisotopic (exact) mass is 459 g/mol. The van der Waals surface area contributed by atoms with E-state index in [1.54, 1.807) is 38.2 Å². The number of amides is 2. The van der Waals surface area contributed by atoms with Gasteiger partial charge in [-0.25, -0.2) is 17.7 Å². The van der Waals surface area contributed by atoms with Gasteiger partial charge in [0, 0.05) is 32.7 Å². The van der Waals surface area contributed by atoms with E-state index in [4.69, 9.17) is 5.73 Å². The van der Waals surface area contributed by atoms with Gasteiger partial charge in [-0.2, -0.15) is 0 Å². The van der Waals surface area contributed by atoms with Gasteiger partial charge in [-0.3, -0.25) is 9.59 Å². The highest BCUT2D eigenvalue weighted by Gasteiger charge is 2.25. The van der Waals surface area contributed by atoms with Crippen LogP contribution in [0.25, 0.3) is 0 Å². The Kier molecular flexibility index (Phi) is 6.85. The summed E-state index contributed by atoms with van der Waals surface area (Å²) in [5, 5.41) is 2.77. The molecule has 1 aromatic carbocycles. The van der Waals surface area contributed by atoms with Crippen LogP contribution in [0.15, 0.2) is 35.4 Å². The maximum Gasteiger partial charge on any atom is 0.255 e. The quantitative estimate of drug-likeness (QED) is 0.680. The van der Waals surface area contributed by atoms with Crippen LogP contribution in [0.3, 0.4) is 0 Å². The Morgan fingerprint density at radius 2 is 1.94 bits per heavy atom. The van der Waals surface area contributed by atoms with E-state index in [0.717, 1.165) is 23.7 Å². The Bertz CT molecular complexity index is 1130. The molecule has 0 spiro atoms. The van der Waals surface area contributed by atoms with Crippen LogP contribution in [0.1, 0.15) is 34.3 Å². The van der Waals surface area contributed by atoms with Crippen LogP contribution >= 0.6 is 0 Å². The van der Waals surface area contributed by atoms with Crippen molar-refractivity contribution in [1.82, 2.24) is 9.29 Å². The SMILES string of the molecule is Cc1cc(C(=O)Nc2ccc(N3CCCC(C(N)=O)C3)nc2)cc(S(=O)(=O)N(C)C)c1C. The van der Waals surface area contributed by atoms with Crippen LogP contribution in [0.5, 0.6) is 0 Å². The third kappa shape index (κ3) is 4.91. The molecule has 0 aliphatic carbocycles. The fourth-order valence-corrected chi connectivity index (χ4v) is 4.91. The number of hydrogen-bond donors (Lipinski definition) is 2. The molecule has 1 unspecified atom stereocenters. The Hall–Kier alpha value is -2.98. The first-order chi connectivity index (χ1) is 15.0. The molecule has 2 heterocycles. The molecule has 0 bridgehead atoms. The Morgan fingerprint density at radius 1 is 1.22 bits per heavy atom. The van der Waals surface area contributed by atoms with Crippen LogP contribution in [-0.2, 0) is 14.8 Å². The van der Waals surface area contributed by atoms with E-state index in [1.807, 2.05) is 4.90 Å². The fourth-order valence-electron chi connectivity index (χ4n) is 3.69. The van der Waals surface area contributed by atoms with E-state index in [1.165, 1.54) is 20.2 Å². The largest absolute Gasteiger partial charge is 0.369 e. The second-order valence-electron chi connectivity index (χ2n) is 8.25. The summed E-state index contributed by atoms with van der Waals surface area (Å²) in [6.45, 7) is 4.81. The summed E-state index contributed by atoms with van der Waals surface area (Å²) in [6.07, 6.45) is 3.18. The maximum absolute atomic E-state index is 12.8. The lowest BCUT2D eigenvalue weighted by Crippen LogP contribution is -2.41. The minimum Gasteiger partial charge on any atom is -0.369 e. The van der Waals surface area contributed by atoms with Crippen LogP contribution in [0.4, 0.5) is 11.5 Å². The number of carbonyl (C=O) groups excluding carboxylic acids is 2. The fraction of sp³-hybridized carbons (Fsp3) is 0.409. The van der Waals surface area contributed by atoms with Crippen LogP contribution in [0.2, 0.25) is 0 Å². The predicted octanol–water partition coefficient (Wildman–Crippen LogP) is 1.90. The van der Waals surface area contributed by atoms with Gasteiger partial charge in [-0.1, -0.05) is 0 Å². The van der Waals surface area contributed by atoms with Crippen molar-refractivity contribution < 1.29 is 18.0 Å². The lowest BCUT2D eigenvalue weighted by Gasteiger charge is -2.32. The molecule has 0 saturated carbocycles. The molecule has 3 rings (SSSR count). The Balaban J connectivity index is 1.78. The molecule has 1 fully saturated rings. The highest BCUT2D eigenvalue weighted by molar-refractivity contribution is 7.89. The second kappa shape index (κ2) is 9.25. The standard InChI is InChI=1S/C22H29N5O4S/c1-14-10-17(11-19(15(14)2)32(30,31)26(3)4)22(29)25-18-7-8-20(24-12-18)27-9-5-6-16(13-27)21(23)28/h7-8,10-12,16H,5-6,9,13H2,1-4H3,(H2,23,28)(H,25,29). The van der Waals surface area contributed by atoms with Gasteiger partial charge in [0.05, 0.1) is 22.7 Å². The molecule has 1 atom stereocenters.